The number of carbonyl (C=O) groups excluding carboxylic acids is 1. The van der Waals surface area contributed by atoms with Crippen molar-refractivity contribution in [2.45, 2.75) is 65.1 Å². The smallest absolute Gasteiger partial charge is 0.399 e. The second-order valence-electron chi connectivity index (χ2n) is 8.70. The third-order valence-electron chi connectivity index (χ3n) is 5.96. The molecule has 2 aliphatic rings. The summed E-state index contributed by atoms with van der Waals surface area (Å²) in [6, 6.07) is 4.52. The summed E-state index contributed by atoms with van der Waals surface area (Å²) in [6.45, 7) is 11.7. The first-order chi connectivity index (χ1) is 12.1. The molecule has 0 aliphatic carbocycles. The van der Waals surface area contributed by atoms with Gasteiger partial charge in [0, 0.05) is 13.1 Å². The van der Waals surface area contributed by atoms with Gasteiger partial charge in [-0.25, -0.2) is 4.39 Å². The molecule has 1 atom stereocenters. The van der Waals surface area contributed by atoms with Crippen LogP contribution in [0.3, 0.4) is 0 Å². The summed E-state index contributed by atoms with van der Waals surface area (Å²) in [6.07, 6.45) is 2.35. The van der Waals surface area contributed by atoms with Gasteiger partial charge in [0.2, 0.25) is 5.91 Å². The SMILES string of the molecule is CC1CCCN(C(=O)Cc2cc(F)ccc2B2OC(C)(C)C(C)(C)O2)C1. The number of rotatable bonds is 3. The van der Waals surface area contributed by atoms with E-state index in [0.717, 1.165) is 31.4 Å². The van der Waals surface area contributed by atoms with Crippen molar-refractivity contribution >= 4 is 18.5 Å². The van der Waals surface area contributed by atoms with Crippen molar-refractivity contribution in [3.8, 4) is 0 Å². The van der Waals surface area contributed by atoms with Gasteiger partial charge in [0.05, 0.1) is 17.6 Å². The van der Waals surface area contributed by atoms with Crippen molar-refractivity contribution in [3.05, 3.63) is 29.6 Å². The van der Waals surface area contributed by atoms with Crippen molar-refractivity contribution in [2.75, 3.05) is 13.1 Å². The molecule has 1 aromatic rings. The maximum atomic E-state index is 13.9. The molecule has 6 heteroatoms. The topological polar surface area (TPSA) is 38.8 Å². The van der Waals surface area contributed by atoms with E-state index in [1.807, 2.05) is 32.6 Å². The minimum Gasteiger partial charge on any atom is -0.399 e. The Morgan fingerprint density at radius 1 is 1.27 bits per heavy atom. The molecule has 1 aromatic carbocycles. The predicted molar refractivity (Wildman–Crippen MR) is 101 cm³/mol. The van der Waals surface area contributed by atoms with Crippen LogP contribution in [0.25, 0.3) is 0 Å². The van der Waals surface area contributed by atoms with E-state index in [0.29, 0.717) is 11.5 Å². The van der Waals surface area contributed by atoms with Gasteiger partial charge in [-0.3, -0.25) is 4.79 Å². The quantitative estimate of drug-likeness (QED) is 0.777. The number of halogens is 1. The van der Waals surface area contributed by atoms with Crippen molar-refractivity contribution in [3.63, 3.8) is 0 Å². The van der Waals surface area contributed by atoms with Gasteiger partial charge in [-0.2, -0.15) is 0 Å². The molecule has 2 heterocycles. The Bertz CT molecular complexity index is 676. The Morgan fingerprint density at radius 2 is 1.92 bits per heavy atom. The van der Waals surface area contributed by atoms with Crippen LogP contribution < -0.4 is 5.46 Å². The first-order valence-electron chi connectivity index (χ1n) is 9.51. The Kier molecular flexibility index (Phi) is 5.19. The van der Waals surface area contributed by atoms with E-state index in [4.69, 9.17) is 9.31 Å². The Balaban J connectivity index is 1.82. The summed E-state index contributed by atoms with van der Waals surface area (Å²) < 4.78 is 26.1. The lowest BCUT2D eigenvalue weighted by molar-refractivity contribution is -0.132. The highest BCUT2D eigenvalue weighted by Crippen LogP contribution is 2.36. The zero-order chi connectivity index (χ0) is 19.1. The molecule has 0 radical (unpaired) electrons. The third-order valence-corrected chi connectivity index (χ3v) is 5.96. The third kappa shape index (κ3) is 3.81. The van der Waals surface area contributed by atoms with Crippen LogP contribution >= 0.6 is 0 Å². The van der Waals surface area contributed by atoms with Crippen molar-refractivity contribution in [2.24, 2.45) is 5.92 Å². The highest BCUT2D eigenvalue weighted by Gasteiger charge is 2.52. The average molecular weight is 361 g/mol. The van der Waals surface area contributed by atoms with Crippen molar-refractivity contribution in [1.29, 1.82) is 0 Å². The summed E-state index contributed by atoms with van der Waals surface area (Å²) in [5.41, 5.74) is 0.431. The number of hydrogen-bond acceptors (Lipinski definition) is 3. The van der Waals surface area contributed by atoms with E-state index >= 15 is 0 Å². The largest absolute Gasteiger partial charge is 0.495 e. The molecule has 0 N–H and O–H groups in total. The van der Waals surface area contributed by atoms with Gasteiger partial charge < -0.3 is 14.2 Å². The van der Waals surface area contributed by atoms with Gasteiger partial charge in [-0.1, -0.05) is 13.0 Å². The molecule has 0 aromatic heterocycles. The predicted octanol–water partition coefficient (Wildman–Crippen LogP) is 2.93. The number of benzene rings is 1. The highest BCUT2D eigenvalue weighted by molar-refractivity contribution is 6.62. The van der Waals surface area contributed by atoms with Crippen molar-refractivity contribution in [1.82, 2.24) is 4.90 Å². The van der Waals surface area contributed by atoms with Gasteiger partial charge in [-0.05, 0) is 69.6 Å². The molecule has 2 aliphatic heterocycles. The number of piperidine rings is 1. The van der Waals surface area contributed by atoms with Crippen LogP contribution in [0.1, 0.15) is 53.0 Å². The molecule has 26 heavy (non-hydrogen) atoms. The van der Waals surface area contributed by atoms with Crippen molar-refractivity contribution < 1.29 is 18.5 Å². The lowest BCUT2D eigenvalue weighted by Gasteiger charge is -2.32. The molecule has 0 bridgehead atoms. The van der Waals surface area contributed by atoms with Gasteiger partial charge in [0.25, 0.3) is 0 Å². The molecule has 2 fully saturated rings. The molecule has 142 valence electrons. The van der Waals surface area contributed by atoms with Crippen LogP contribution in [0.5, 0.6) is 0 Å². The number of nitrogens with zero attached hydrogens (tertiary/aromatic N) is 1. The zero-order valence-corrected chi connectivity index (χ0v) is 16.5. The normalized spacial score (nSPS) is 24.8. The van der Waals surface area contributed by atoms with Crippen LogP contribution in [0.2, 0.25) is 0 Å². The van der Waals surface area contributed by atoms with E-state index in [-0.39, 0.29) is 18.1 Å². The molecular weight excluding hydrogens is 332 g/mol. The minimum absolute atomic E-state index is 0.0416. The first kappa shape index (κ1) is 19.4. The molecule has 4 nitrogen and oxygen atoms in total. The summed E-state index contributed by atoms with van der Waals surface area (Å²) in [5.74, 6) is 0.211. The lowest BCUT2D eigenvalue weighted by Crippen LogP contribution is -2.42. The Labute approximate surface area is 156 Å². The van der Waals surface area contributed by atoms with Crippen LogP contribution in [0, 0.1) is 11.7 Å². The zero-order valence-electron chi connectivity index (χ0n) is 16.5. The summed E-state index contributed by atoms with van der Waals surface area (Å²) in [5, 5.41) is 0. The fourth-order valence-corrected chi connectivity index (χ4v) is 3.62. The second kappa shape index (κ2) is 6.97. The molecule has 2 saturated heterocycles. The van der Waals surface area contributed by atoms with Gasteiger partial charge in [0.15, 0.2) is 0 Å². The Morgan fingerprint density at radius 3 is 2.54 bits per heavy atom. The minimum atomic E-state index is -0.594. The fourth-order valence-electron chi connectivity index (χ4n) is 3.62. The fraction of sp³-hybridized carbons (Fsp3) is 0.650. The molecule has 1 unspecified atom stereocenters. The molecule has 3 rings (SSSR count). The second-order valence-corrected chi connectivity index (χ2v) is 8.70. The maximum absolute atomic E-state index is 13.9. The Hall–Kier alpha value is -1.40. The van der Waals surface area contributed by atoms with E-state index in [1.54, 1.807) is 6.07 Å². The van der Waals surface area contributed by atoms with E-state index in [1.165, 1.54) is 12.1 Å². The standard InChI is InChI=1S/C20H29BFNO3/c1-14-7-6-10-23(13-14)18(24)12-15-11-16(22)8-9-17(15)21-25-19(2,3)20(4,5)26-21/h8-9,11,14H,6-7,10,12-13H2,1-5H3. The molecule has 0 spiro atoms. The van der Waals surface area contributed by atoms with Gasteiger partial charge in [-0.15, -0.1) is 0 Å². The maximum Gasteiger partial charge on any atom is 0.495 e. The number of hydrogen-bond donors (Lipinski definition) is 0. The number of amides is 1. The van der Waals surface area contributed by atoms with Crippen LogP contribution in [0.15, 0.2) is 18.2 Å². The molecule has 0 saturated carbocycles. The van der Waals surface area contributed by atoms with E-state index < -0.39 is 18.3 Å². The number of likely N-dealkylation sites (tertiary alicyclic amines) is 1. The summed E-state index contributed by atoms with van der Waals surface area (Å²) in [7, 11) is -0.594. The van der Waals surface area contributed by atoms with Crippen LogP contribution in [-0.2, 0) is 20.5 Å². The summed E-state index contributed by atoms with van der Waals surface area (Å²) >= 11 is 0. The lowest BCUT2D eigenvalue weighted by atomic mass is 9.75. The molecule has 1 amide bonds. The summed E-state index contributed by atoms with van der Waals surface area (Å²) in [4.78, 5) is 14.7. The molecular formula is C20H29BFNO3. The van der Waals surface area contributed by atoms with Crippen LogP contribution in [-0.4, -0.2) is 42.2 Å². The first-order valence-corrected chi connectivity index (χ1v) is 9.51. The number of carbonyl (C=O) groups is 1. The van der Waals surface area contributed by atoms with Crippen LogP contribution in [0.4, 0.5) is 4.39 Å². The van der Waals surface area contributed by atoms with Gasteiger partial charge >= 0.3 is 7.12 Å². The van der Waals surface area contributed by atoms with E-state index in [2.05, 4.69) is 6.92 Å². The van der Waals surface area contributed by atoms with Gasteiger partial charge in [0.1, 0.15) is 5.82 Å². The average Bonchev–Trinajstić information content (AvgIpc) is 2.75. The van der Waals surface area contributed by atoms with E-state index in [9.17, 15) is 9.18 Å². The monoisotopic (exact) mass is 361 g/mol. The highest BCUT2D eigenvalue weighted by atomic mass is 19.1.